The van der Waals surface area contributed by atoms with Gasteiger partial charge in [-0.3, -0.25) is 4.79 Å². The molecule has 1 aliphatic heterocycles. The Balaban J connectivity index is 1.62. The highest BCUT2D eigenvalue weighted by atomic mass is 32.2. The van der Waals surface area contributed by atoms with Crippen molar-refractivity contribution in [3.63, 3.8) is 0 Å². The molecule has 2 heterocycles. The highest BCUT2D eigenvalue weighted by Gasteiger charge is 2.31. The van der Waals surface area contributed by atoms with E-state index in [1.165, 1.54) is 17.8 Å². The van der Waals surface area contributed by atoms with Gasteiger partial charge >= 0.3 is 6.18 Å². The molecule has 1 N–H and O–H groups in total. The number of rotatable bonds is 4. The normalized spacial score (nSPS) is 16.5. The Morgan fingerprint density at radius 3 is 2.48 bits per heavy atom. The van der Waals surface area contributed by atoms with Crippen LogP contribution in [0.5, 0.6) is 5.75 Å². The minimum atomic E-state index is -4.42. The van der Waals surface area contributed by atoms with Crippen molar-refractivity contribution in [1.29, 1.82) is 0 Å². The summed E-state index contributed by atoms with van der Waals surface area (Å²) in [6, 6.07) is 14.1. The maximum atomic E-state index is 13.2. The summed E-state index contributed by atoms with van der Waals surface area (Å²) in [5.74, 6) is 0.426. The molecule has 0 spiro atoms. The number of amides is 1. The van der Waals surface area contributed by atoms with Crippen LogP contribution in [0, 0.1) is 13.8 Å². The Morgan fingerprint density at radius 2 is 1.82 bits per heavy atom. The summed E-state index contributed by atoms with van der Waals surface area (Å²) in [5.41, 5.74) is 2.60. The second-order valence-corrected chi connectivity index (χ2v) is 8.42. The molecule has 0 atom stereocenters. The van der Waals surface area contributed by atoms with Gasteiger partial charge in [-0.2, -0.15) is 13.2 Å². The first-order valence-corrected chi connectivity index (χ1v) is 10.8. The molecule has 1 aliphatic rings. The van der Waals surface area contributed by atoms with Crippen LogP contribution in [-0.2, 0) is 11.0 Å². The molecule has 1 aromatic heterocycles. The zero-order chi connectivity index (χ0) is 23.8. The van der Waals surface area contributed by atoms with Gasteiger partial charge in [0.2, 0.25) is 0 Å². The van der Waals surface area contributed by atoms with Crippen LogP contribution in [0.2, 0.25) is 0 Å². The number of aromatic nitrogens is 1. The van der Waals surface area contributed by atoms with Gasteiger partial charge in [0.25, 0.3) is 5.91 Å². The van der Waals surface area contributed by atoms with Crippen LogP contribution in [0.15, 0.2) is 64.5 Å². The standard InChI is InChI=1S/C24H20F3N3O2S/c1-14-11-16(15(2)30(14)19-6-4-5-17(13-19)24(25,26)27)12-21-22(31)29-23(33-21)28-18-7-9-20(32-3)10-8-18/h4-13H,1-3H3,(H,28,29,31). The summed E-state index contributed by atoms with van der Waals surface area (Å²) in [7, 11) is 1.58. The monoisotopic (exact) mass is 471 g/mol. The maximum Gasteiger partial charge on any atom is 0.416 e. The molecule has 3 aromatic rings. The Kier molecular flexibility index (Phi) is 6.07. The zero-order valence-corrected chi connectivity index (χ0v) is 18.8. The summed E-state index contributed by atoms with van der Waals surface area (Å²) in [6.45, 7) is 3.62. The van der Waals surface area contributed by atoms with Gasteiger partial charge < -0.3 is 14.6 Å². The van der Waals surface area contributed by atoms with Crippen LogP contribution >= 0.6 is 11.8 Å². The average molecular weight is 472 g/mol. The number of nitrogens with one attached hydrogen (secondary N) is 1. The number of alkyl halides is 3. The molecule has 33 heavy (non-hydrogen) atoms. The highest BCUT2D eigenvalue weighted by Crippen LogP contribution is 2.33. The summed E-state index contributed by atoms with van der Waals surface area (Å²) in [6.07, 6.45) is -2.70. The zero-order valence-electron chi connectivity index (χ0n) is 18.0. The van der Waals surface area contributed by atoms with Gasteiger partial charge in [-0.1, -0.05) is 6.07 Å². The van der Waals surface area contributed by atoms with Crippen molar-refractivity contribution in [3.05, 3.63) is 82.0 Å². The molecule has 1 saturated heterocycles. The fraction of sp³-hybridized carbons (Fsp3) is 0.167. The van der Waals surface area contributed by atoms with Crippen molar-refractivity contribution in [2.75, 3.05) is 7.11 Å². The van der Waals surface area contributed by atoms with Crippen molar-refractivity contribution < 1.29 is 22.7 Å². The van der Waals surface area contributed by atoms with Gasteiger partial charge in [-0.15, -0.1) is 0 Å². The lowest BCUT2D eigenvalue weighted by atomic mass is 10.2. The Hall–Kier alpha value is -3.46. The van der Waals surface area contributed by atoms with Crippen molar-refractivity contribution in [1.82, 2.24) is 9.88 Å². The number of halogens is 3. The van der Waals surface area contributed by atoms with E-state index >= 15 is 0 Å². The topological polar surface area (TPSA) is 55.6 Å². The van der Waals surface area contributed by atoms with Crippen LogP contribution in [0.4, 0.5) is 18.9 Å². The molecule has 0 radical (unpaired) electrons. The summed E-state index contributed by atoms with van der Waals surface area (Å²) in [5, 5.41) is 3.19. The first kappa shape index (κ1) is 22.7. The van der Waals surface area contributed by atoms with Crippen LogP contribution in [0.25, 0.3) is 11.8 Å². The molecule has 0 aliphatic carbocycles. The average Bonchev–Trinajstić information content (AvgIpc) is 3.26. The fourth-order valence-corrected chi connectivity index (χ4v) is 4.38. The minimum Gasteiger partial charge on any atom is -0.497 e. The lowest BCUT2D eigenvalue weighted by Crippen LogP contribution is -2.19. The second kappa shape index (κ2) is 8.82. The molecule has 170 valence electrons. The SMILES string of the molecule is COc1ccc(N=C2NC(=O)C(=Cc3cc(C)n(-c4cccc(C(F)(F)F)c4)c3C)S2)cc1. The molecule has 4 rings (SSSR count). The van der Waals surface area contributed by atoms with Crippen LogP contribution in [0.1, 0.15) is 22.5 Å². The largest absolute Gasteiger partial charge is 0.497 e. The number of amidine groups is 1. The molecule has 0 saturated carbocycles. The van der Waals surface area contributed by atoms with Crippen molar-refractivity contribution in [3.8, 4) is 11.4 Å². The molecule has 5 nitrogen and oxygen atoms in total. The van der Waals surface area contributed by atoms with E-state index in [1.807, 2.05) is 19.9 Å². The third-order valence-corrected chi connectivity index (χ3v) is 6.05. The molecule has 9 heteroatoms. The summed E-state index contributed by atoms with van der Waals surface area (Å²) >= 11 is 1.21. The van der Waals surface area contributed by atoms with E-state index in [1.54, 1.807) is 48.1 Å². The maximum absolute atomic E-state index is 13.2. The number of benzene rings is 2. The van der Waals surface area contributed by atoms with Gasteiger partial charge in [0.15, 0.2) is 5.17 Å². The van der Waals surface area contributed by atoms with E-state index < -0.39 is 11.7 Å². The van der Waals surface area contributed by atoms with Gasteiger partial charge in [-0.05, 0) is 85.8 Å². The second-order valence-electron chi connectivity index (χ2n) is 7.39. The first-order valence-electron chi connectivity index (χ1n) is 9.96. The number of thioether (sulfide) groups is 1. The number of aryl methyl sites for hydroxylation is 1. The van der Waals surface area contributed by atoms with Gasteiger partial charge in [-0.25, -0.2) is 4.99 Å². The van der Waals surface area contributed by atoms with Crippen molar-refractivity contribution >= 4 is 34.6 Å². The number of hydrogen-bond donors (Lipinski definition) is 1. The summed E-state index contributed by atoms with van der Waals surface area (Å²) < 4.78 is 46.3. The molecule has 0 unspecified atom stereocenters. The smallest absolute Gasteiger partial charge is 0.416 e. The number of carbonyl (C=O) groups excluding carboxylic acids is 1. The Morgan fingerprint density at radius 1 is 1.09 bits per heavy atom. The lowest BCUT2D eigenvalue weighted by Gasteiger charge is -2.13. The predicted octanol–water partition coefficient (Wildman–Crippen LogP) is 6.01. The van der Waals surface area contributed by atoms with Gasteiger partial charge in [0.05, 0.1) is 23.3 Å². The minimum absolute atomic E-state index is 0.281. The van der Waals surface area contributed by atoms with Crippen molar-refractivity contribution in [2.45, 2.75) is 20.0 Å². The molecule has 1 amide bonds. The third-order valence-electron chi connectivity index (χ3n) is 5.14. The van der Waals surface area contributed by atoms with E-state index in [0.717, 1.165) is 29.1 Å². The highest BCUT2D eigenvalue weighted by molar-refractivity contribution is 8.18. The number of carbonyl (C=O) groups is 1. The van der Waals surface area contributed by atoms with Gasteiger partial charge in [0.1, 0.15) is 5.75 Å². The Bertz CT molecular complexity index is 1280. The van der Waals surface area contributed by atoms with Crippen LogP contribution < -0.4 is 10.1 Å². The van der Waals surface area contributed by atoms with E-state index in [4.69, 9.17) is 4.74 Å². The van der Waals surface area contributed by atoms with Crippen LogP contribution in [0.3, 0.4) is 0 Å². The lowest BCUT2D eigenvalue weighted by molar-refractivity contribution is -0.137. The molecule has 2 aromatic carbocycles. The van der Waals surface area contributed by atoms with Crippen molar-refractivity contribution in [2.24, 2.45) is 4.99 Å². The molecule has 0 bridgehead atoms. The third kappa shape index (κ3) is 4.83. The first-order chi connectivity index (χ1) is 15.7. The number of methoxy groups -OCH3 is 1. The number of hydrogen-bond acceptors (Lipinski definition) is 4. The molecular formula is C24H20F3N3O2S. The van der Waals surface area contributed by atoms with E-state index in [-0.39, 0.29) is 5.91 Å². The van der Waals surface area contributed by atoms with E-state index in [0.29, 0.717) is 27.2 Å². The predicted molar refractivity (Wildman–Crippen MR) is 124 cm³/mol. The number of ether oxygens (including phenoxy) is 1. The molecule has 1 fully saturated rings. The fourth-order valence-electron chi connectivity index (χ4n) is 3.55. The number of nitrogens with zero attached hydrogens (tertiary/aromatic N) is 2. The summed E-state index contributed by atoms with van der Waals surface area (Å²) in [4.78, 5) is 17.4. The number of aliphatic imine (C=N–C) groups is 1. The quantitative estimate of drug-likeness (QED) is 0.474. The van der Waals surface area contributed by atoms with E-state index in [9.17, 15) is 18.0 Å². The van der Waals surface area contributed by atoms with E-state index in [2.05, 4.69) is 10.3 Å². The Labute approximate surface area is 193 Å². The van der Waals surface area contributed by atoms with Gasteiger partial charge in [0, 0.05) is 17.1 Å². The molecular weight excluding hydrogens is 451 g/mol. The van der Waals surface area contributed by atoms with Crippen LogP contribution in [-0.4, -0.2) is 22.8 Å².